The van der Waals surface area contributed by atoms with Crippen molar-refractivity contribution in [3.8, 4) is 5.75 Å². The monoisotopic (exact) mass is 446 g/mol. The van der Waals surface area contributed by atoms with Gasteiger partial charge >= 0.3 is 5.97 Å². The van der Waals surface area contributed by atoms with Crippen molar-refractivity contribution in [1.82, 2.24) is 10.9 Å². The van der Waals surface area contributed by atoms with Crippen LogP contribution in [0.4, 0.5) is 0 Å². The molecule has 0 atom stereocenters. The van der Waals surface area contributed by atoms with Crippen LogP contribution in [0.25, 0.3) is 0 Å². The highest BCUT2D eigenvalue weighted by atomic mass is 35.5. The largest absolute Gasteiger partial charge is 0.484 e. The number of esters is 1. The Kier molecular flexibility index (Phi) is 10.4. The van der Waals surface area contributed by atoms with E-state index in [0.29, 0.717) is 23.8 Å². The van der Waals surface area contributed by atoms with Gasteiger partial charge in [0.2, 0.25) is 5.91 Å². The maximum absolute atomic E-state index is 11.8. The second kappa shape index (κ2) is 13.3. The summed E-state index contributed by atoms with van der Waals surface area (Å²) in [6, 6.07) is 15.0. The van der Waals surface area contributed by atoms with E-state index >= 15 is 0 Å². The summed E-state index contributed by atoms with van der Waals surface area (Å²) in [4.78, 5) is 35.2. The average molecular weight is 447 g/mol. The Morgan fingerprint density at radius 3 is 2.42 bits per heavy atom. The van der Waals surface area contributed by atoms with Crippen LogP contribution in [0.2, 0.25) is 5.02 Å². The van der Waals surface area contributed by atoms with Crippen LogP contribution in [-0.2, 0) is 25.5 Å². The Morgan fingerprint density at radius 1 is 0.935 bits per heavy atom. The molecule has 7 nitrogen and oxygen atoms in total. The fraction of sp³-hybridized carbons (Fsp3) is 0.348. The van der Waals surface area contributed by atoms with Crippen molar-refractivity contribution in [2.45, 2.75) is 39.0 Å². The zero-order valence-electron chi connectivity index (χ0n) is 17.5. The van der Waals surface area contributed by atoms with Crippen LogP contribution in [0.3, 0.4) is 0 Å². The van der Waals surface area contributed by atoms with Gasteiger partial charge in [-0.15, -0.1) is 0 Å². The summed E-state index contributed by atoms with van der Waals surface area (Å²) in [5.41, 5.74) is 6.60. The van der Waals surface area contributed by atoms with Gasteiger partial charge in [-0.05, 0) is 55.5 Å². The second-order valence-corrected chi connectivity index (χ2v) is 7.37. The molecule has 0 heterocycles. The summed E-state index contributed by atoms with van der Waals surface area (Å²) in [7, 11) is 0. The van der Waals surface area contributed by atoms with Crippen molar-refractivity contribution in [2.75, 3.05) is 13.2 Å². The van der Waals surface area contributed by atoms with Crippen LogP contribution in [0, 0.1) is 6.92 Å². The standard InChI is InChI=1S/C23H27ClN2O5/c1-17-15-19(12-13-20(17)24)31-16-22(28)26-25-21(27)10-5-11-23(29)30-14-6-9-18-7-3-2-4-8-18/h2-4,7-8,12-13,15H,5-6,9-11,14,16H2,1H3,(H,25,27)(H,26,28). The fourth-order valence-corrected chi connectivity index (χ4v) is 2.78. The van der Waals surface area contributed by atoms with Crippen LogP contribution >= 0.6 is 11.6 Å². The molecule has 2 aromatic carbocycles. The van der Waals surface area contributed by atoms with E-state index in [1.165, 1.54) is 5.56 Å². The highest BCUT2D eigenvalue weighted by Gasteiger charge is 2.09. The summed E-state index contributed by atoms with van der Waals surface area (Å²) < 4.78 is 10.5. The van der Waals surface area contributed by atoms with E-state index in [4.69, 9.17) is 21.1 Å². The number of nitrogens with one attached hydrogen (secondary N) is 2. The lowest BCUT2D eigenvalue weighted by molar-refractivity contribution is -0.144. The van der Waals surface area contributed by atoms with Gasteiger partial charge in [0.25, 0.3) is 5.91 Å². The zero-order valence-corrected chi connectivity index (χ0v) is 18.2. The first-order valence-corrected chi connectivity index (χ1v) is 10.5. The predicted molar refractivity (Wildman–Crippen MR) is 118 cm³/mol. The fourth-order valence-electron chi connectivity index (χ4n) is 2.67. The van der Waals surface area contributed by atoms with E-state index in [9.17, 15) is 14.4 Å². The Bertz CT molecular complexity index is 874. The number of ether oxygens (including phenoxy) is 2. The van der Waals surface area contributed by atoms with Gasteiger partial charge in [0.15, 0.2) is 6.61 Å². The van der Waals surface area contributed by atoms with Crippen LogP contribution in [0.5, 0.6) is 5.75 Å². The van der Waals surface area contributed by atoms with Gasteiger partial charge in [0, 0.05) is 17.9 Å². The predicted octanol–water partition coefficient (Wildman–Crippen LogP) is 3.52. The molecular weight excluding hydrogens is 420 g/mol. The molecule has 8 heteroatoms. The van der Waals surface area contributed by atoms with Crippen molar-refractivity contribution in [1.29, 1.82) is 0 Å². The molecule has 2 amide bonds. The highest BCUT2D eigenvalue weighted by Crippen LogP contribution is 2.20. The van der Waals surface area contributed by atoms with Gasteiger partial charge in [-0.1, -0.05) is 41.9 Å². The van der Waals surface area contributed by atoms with Gasteiger partial charge in [-0.2, -0.15) is 0 Å². The number of rotatable bonds is 11. The van der Waals surface area contributed by atoms with E-state index in [0.717, 1.165) is 18.4 Å². The first-order valence-electron chi connectivity index (χ1n) is 10.1. The number of hydrogen-bond acceptors (Lipinski definition) is 5. The summed E-state index contributed by atoms with van der Waals surface area (Å²) in [6.45, 7) is 1.93. The number of carbonyl (C=O) groups excluding carboxylic acids is 3. The quantitative estimate of drug-likeness (QED) is 0.313. The van der Waals surface area contributed by atoms with E-state index in [2.05, 4.69) is 10.9 Å². The van der Waals surface area contributed by atoms with Gasteiger partial charge in [-0.25, -0.2) is 0 Å². The third-order valence-electron chi connectivity index (χ3n) is 4.34. The summed E-state index contributed by atoms with van der Waals surface area (Å²) in [6.07, 6.45) is 2.17. The molecule has 0 radical (unpaired) electrons. The summed E-state index contributed by atoms with van der Waals surface area (Å²) >= 11 is 5.93. The lowest BCUT2D eigenvalue weighted by Gasteiger charge is -2.09. The van der Waals surface area contributed by atoms with Gasteiger partial charge in [0.1, 0.15) is 5.75 Å². The number of aryl methyl sites for hydroxylation is 2. The van der Waals surface area contributed by atoms with Crippen LogP contribution in [-0.4, -0.2) is 31.0 Å². The molecule has 2 rings (SSSR count). The third-order valence-corrected chi connectivity index (χ3v) is 4.77. The first kappa shape index (κ1) is 24.2. The molecule has 2 N–H and O–H groups in total. The van der Waals surface area contributed by atoms with E-state index in [1.807, 2.05) is 37.3 Å². The summed E-state index contributed by atoms with van der Waals surface area (Å²) in [5, 5.41) is 0.611. The highest BCUT2D eigenvalue weighted by molar-refractivity contribution is 6.31. The number of amides is 2. The molecule has 166 valence electrons. The van der Waals surface area contributed by atoms with Crippen molar-refractivity contribution < 1.29 is 23.9 Å². The number of halogens is 1. The smallest absolute Gasteiger partial charge is 0.305 e. The zero-order chi connectivity index (χ0) is 22.5. The normalized spacial score (nSPS) is 10.3. The minimum absolute atomic E-state index is 0.0939. The molecule has 0 bridgehead atoms. The van der Waals surface area contributed by atoms with E-state index in [-0.39, 0.29) is 25.4 Å². The van der Waals surface area contributed by atoms with Gasteiger partial charge in [0.05, 0.1) is 6.61 Å². The van der Waals surface area contributed by atoms with E-state index in [1.54, 1.807) is 18.2 Å². The Labute approximate surface area is 187 Å². The number of hydrogen-bond donors (Lipinski definition) is 2. The molecular formula is C23H27ClN2O5. The molecule has 2 aromatic rings. The SMILES string of the molecule is Cc1cc(OCC(=O)NNC(=O)CCCC(=O)OCCCc2ccccc2)ccc1Cl. The molecule has 0 aliphatic heterocycles. The van der Waals surface area contributed by atoms with Crippen molar-refractivity contribution >= 4 is 29.4 Å². The van der Waals surface area contributed by atoms with Crippen LogP contribution < -0.4 is 15.6 Å². The lowest BCUT2D eigenvalue weighted by Crippen LogP contribution is -2.43. The summed E-state index contributed by atoms with van der Waals surface area (Å²) in [5.74, 6) is -0.728. The molecule has 0 saturated carbocycles. The third kappa shape index (κ3) is 10.00. The van der Waals surface area contributed by atoms with Gasteiger partial charge in [-0.3, -0.25) is 25.2 Å². The van der Waals surface area contributed by atoms with Crippen LogP contribution in [0.15, 0.2) is 48.5 Å². The Balaban J connectivity index is 1.50. The first-order chi connectivity index (χ1) is 14.9. The Morgan fingerprint density at radius 2 is 1.68 bits per heavy atom. The minimum Gasteiger partial charge on any atom is -0.484 e. The number of benzene rings is 2. The maximum atomic E-state index is 11.8. The molecule has 0 saturated heterocycles. The van der Waals surface area contributed by atoms with Crippen LogP contribution in [0.1, 0.15) is 36.8 Å². The van der Waals surface area contributed by atoms with E-state index < -0.39 is 11.8 Å². The molecule has 0 aliphatic rings. The molecule has 0 fully saturated rings. The number of hydrazine groups is 1. The molecule has 0 aliphatic carbocycles. The van der Waals surface area contributed by atoms with Crippen molar-refractivity contribution in [3.05, 3.63) is 64.7 Å². The van der Waals surface area contributed by atoms with Crippen molar-refractivity contribution in [3.63, 3.8) is 0 Å². The second-order valence-electron chi connectivity index (χ2n) is 6.96. The molecule has 0 aromatic heterocycles. The van der Waals surface area contributed by atoms with Gasteiger partial charge < -0.3 is 9.47 Å². The number of carbonyl (C=O) groups is 3. The lowest BCUT2D eigenvalue weighted by atomic mass is 10.1. The minimum atomic E-state index is -0.501. The molecule has 0 spiro atoms. The maximum Gasteiger partial charge on any atom is 0.305 e. The van der Waals surface area contributed by atoms with Crippen molar-refractivity contribution in [2.24, 2.45) is 0 Å². The molecule has 0 unspecified atom stereocenters. The topological polar surface area (TPSA) is 93.7 Å². The average Bonchev–Trinajstić information content (AvgIpc) is 2.77. The Hall–Kier alpha value is -3.06. The molecule has 31 heavy (non-hydrogen) atoms.